The molecule has 84 valence electrons. The zero-order valence-electron chi connectivity index (χ0n) is 8.86. The Kier molecular flexibility index (Phi) is 3.07. The second kappa shape index (κ2) is 4.50. The highest BCUT2D eigenvalue weighted by atomic mass is 19.1. The van der Waals surface area contributed by atoms with Crippen LogP contribution in [0.25, 0.3) is 0 Å². The van der Waals surface area contributed by atoms with E-state index in [1.807, 2.05) is 11.0 Å². The van der Waals surface area contributed by atoms with Crippen LogP contribution in [-0.4, -0.2) is 24.3 Å². The van der Waals surface area contributed by atoms with Crippen LogP contribution in [0.3, 0.4) is 0 Å². The first-order valence-electron chi connectivity index (χ1n) is 5.34. The standard InChI is InChI=1S/C12H13FN2O/c13-11-4-1-5-12(10(11)7-14)15-6-2-3-9(15)8-16/h1,4-5,9,16H,2-3,6,8H2. The summed E-state index contributed by atoms with van der Waals surface area (Å²) in [6.07, 6.45) is 1.85. The normalized spacial score (nSPS) is 19.8. The Balaban J connectivity index is 2.40. The van der Waals surface area contributed by atoms with Crippen molar-refractivity contribution in [2.24, 2.45) is 0 Å². The van der Waals surface area contributed by atoms with Crippen molar-refractivity contribution in [3.05, 3.63) is 29.6 Å². The van der Waals surface area contributed by atoms with E-state index in [9.17, 15) is 9.50 Å². The van der Waals surface area contributed by atoms with Gasteiger partial charge in [-0.25, -0.2) is 4.39 Å². The molecular weight excluding hydrogens is 207 g/mol. The summed E-state index contributed by atoms with van der Waals surface area (Å²) in [6.45, 7) is 0.810. The van der Waals surface area contributed by atoms with Gasteiger partial charge in [0.05, 0.1) is 18.3 Å². The number of hydrogen-bond donors (Lipinski definition) is 1. The van der Waals surface area contributed by atoms with Gasteiger partial charge in [-0.1, -0.05) is 6.07 Å². The molecule has 1 fully saturated rings. The Morgan fingerprint density at radius 2 is 2.38 bits per heavy atom. The van der Waals surface area contributed by atoms with Gasteiger partial charge < -0.3 is 10.0 Å². The van der Waals surface area contributed by atoms with Gasteiger partial charge in [0.25, 0.3) is 0 Å². The molecule has 3 nitrogen and oxygen atoms in total. The molecule has 16 heavy (non-hydrogen) atoms. The van der Waals surface area contributed by atoms with Gasteiger partial charge in [-0.2, -0.15) is 5.26 Å². The lowest BCUT2D eigenvalue weighted by molar-refractivity contribution is 0.266. The monoisotopic (exact) mass is 220 g/mol. The predicted molar refractivity (Wildman–Crippen MR) is 58.6 cm³/mol. The average molecular weight is 220 g/mol. The fourth-order valence-corrected chi connectivity index (χ4v) is 2.21. The zero-order chi connectivity index (χ0) is 11.5. The molecule has 0 aromatic heterocycles. The van der Waals surface area contributed by atoms with Crippen LogP contribution in [0.2, 0.25) is 0 Å². The van der Waals surface area contributed by atoms with Gasteiger partial charge in [-0.05, 0) is 25.0 Å². The number of nitrogens with zero attached hydrogens (tertiary/aromatic N) is 2. The third-order valence-electron chi connectivity index (χ3n) is 3.00. The number of hydrogen-bond acceptors (Lipinski definition) is 3. The summed E-state index contributed by atoms with van der Waals surface area (Å²) in [4.78, 5) is 1.92. The lowest BCUT2D eigenvalue weighted by atomic mass is 10.1. The minimum Gasteiger partial charge on any atom is -0.394 e. The minimum absolute atomic E-state index is 0.00824. The highest BCUT2D eigenvalue weighted by Crippen LogP contribution is 2.29. The summed E-state index contributed by atoms with van der Waals surface area (Å²) in [5, 5.41) is 18.2. The molecule has 1 aliphatic rings. The molecule has 0 saturated carbocycles. The number of halogens is 1. The molecule has 4 heteroatoms. The van der Waals surface area contributed by atoms with Crippen LogP contribution < -0.4 is 4.90 Å². The fraction of sp³-hybridized carbons (Fsp3) is 0.417. The van der Waals surface area contributed by atoms with Gasteiger partial charge in [-0.3, -0.25) is 0 Å². The van der Waals surface area contributed by atoms with Gasteiger partial charge in [-0.15, -0.1) is 0 Å². The molecule has 1 aliphatic heterocycles. The van der Waals surface area contributed by atoms with Crippen LogP contribution in [0.1, 0.15) is 18.4 Å². The molecule has 0 bridgehead atoms. The summed E-state index contributed by atoms with van der Waals surface area (Å²) < 4.78 is 13.4. The Labute approximate surface area is 93.7 Å². The van der Waals surface area contributed by atoms with E-state index in [0.29, 0.717) is 5.69 Å². The van der Waals surface area contributed by atoms with Gasteiger partial charge in [0.1, 0.15) is 17.4 Å². The molecule has 0 aliphatic carbocycles. The highest BCUT2D eigenvalue weighted by Gasteiger charge is 2.26. The number of aliphatic hydroxyl groups excluding tert-OH is 1. The number of aliphatic hydroxyl groups is 1. The van der Waals surface area contributed by atoms with Crippen molar-refractivity contribution in [3.8, 4) is 6.07 Å². The Bertz CT molecular complexity index is 428. The highest BCUT2D eigenvalue weighted by molar-refractivity contribution is 5.61. The van der Waals surface area contributed by atoms with E-state index in [1.165, 1.54) is 6.07 Å². The predicted octanol–water partition coefficient (Wildman–Crippen LogP) is 1.66. The maximum absolute atomic E-state index is 13.4. The second-order valence-electron chi connectivity index (χ2n) is 3.92. The first-order chi connectivity index (χ1) is 7.77. The van der Waals surface area contributed by atoms with Gasteiger partial charge >= 0.3 is 0 Å². The maximum Gasteiger partial charge on any atom is 0.143 e. The van der Waals surface area contributed by atoms with Crippen molar-refractivity contribution in [2.45, 2.75) is 18.9 Å². The van der Waals surface area contributed by atoms with Crippen LogP contribution in [0, 0.1) is 17.1 Å². The van der Waals surface area contributed by atoms with E-state index >= 15 is 0 Å². The molecule has 1 aromatic rings. The molecule has 1 N–H and O–H groups in total. The van der Waals surface area contributed by atoms with Crippen molar-refractivity contribution in [3.63, 3.8) is 0 Å². The summed E-state index contributed by atoms with van der Waals surface area (Å²) >= 11 is 0. The van der Waals surface area contributed by atoms with E-state index in [2.05, 4.69) is 0 Å². The van der Waals surface area contributed by atoms with Crippen molar-refractivity contribution in [1.82, 2.24) is 0 Å². The number of anilines is 1. The minimum atomic E-state index is -0.497. The molecule has 1 aromatic carbocycles. The van der Waals surface area contributed by atoms with E-state index < -0.39 is 5.82 Å². The molecule has 2 rings (SSSR count). The van der Waals surface area contributed by atoms with E-state index in [-0.39, 0.29) is 18.2 Å². The van der Waals surface area contributed by atoms with Gasteiger partial charge in [0, 0.05) is 6.54 Å². The Morgan fingerprint density at radius 3 is 3.06 bits per heavy atom. The Hall–Kier alpha value is -1.60. The molecule has 1 heterocycles. The fourth-order valence-electron chi connectivity index (χ4n) is 2.21. The van der Waals surface area contributed by atoms with Crippen LogP contribution in [0.15, 0.2) is 18.2 Å². The molecule has 0 spiro atoms. The SMILES string of the molecule is N#Cc1c(F)cccc1N1CCCC1CO. The first kappa shape index (κ1) is 10.9. The molecule has 1 saturated heterocycles. The molecule has 0 radical (unpaired) electrons. The maximum atomic E-state index is 13.4. The van der Waals surface area contributed by atoms with Crippen molar-refractivity contribution in [1.29, 1.82) is 5.26 Å². The molecule has 0 amide bonds. The summed E-state index contributed by atoms with van der Waals surface area (Å²) in [7, 11) is 0. The average Bonchev–Trinajstić information content (AvgIpc) is 2.76. The summed E-state index contributed by atoms with van der Waals surface area (Å²) in [5.74, 6) is -0.497. The van der Waals surface area contributed by atoms with E-state index in [0.717, 1.165) is 19.4 Å². The summed E-state index contributed by atoms with van der Waals surface area (Å²) in [6, 6.07) is 6.51. The van der Waals surface area contributed by atoms with Crippen molar-refractivity contribution < 1.29 is 9.50 Å². The van der Waals surface area contributed by atoms with Crippen LogP contribution in [0.4, 0.5) is 10.1 Å². The largest absolute Gasteiger partial charge is 0.394 e. The third kappa shape index (κ3) is 1.74. The molecule has 1 atom stereocenters. The lowest BCUT2D eigenvalue weighted by Gasteiger charge is -2.26. The lowest BCUT2D eigenvalue weighted by Crippen LogP contribution is -2.32. The first-order valence-corrected chi connectivity index (χ1v) is 5.34. The summed E-state index contributed by atoms with van der Waals surface area (Å²) in [5.41, 5.74) is 0.668. The number of nitriles is 1. The van der Waals surface area contributed by atoms with E-state index in [4.69, 9.17) is 5.26 Å². The van der Waals surface area contributed by atoms with Crippen molar-refractivity contribution >= 4 is 5.69 Å². The zero-order valence-corrected chi connectivity index (χ0v) is 8.86. The quantitative estimate of drug-likeness (QED) is 0.824. The van der Waals surface area contributed by atoms with Gasteiger partial charge in [0.15, 0.2) is 0 Å². The van der Waals surface area contributed by atoms with Gasteiger partial charge in [0.2, 0.25) is 0 Å². The van der Waals surface area contributed by atoms with Crippen LogP contribution in [-0.2, 0) is 0 Å². The van der Waals surface area contributed by atoms with Crippen molar-refractivity contribution in [2.75, 3.05) is 18.1 Å². The van der Waals surface area contributed by atoms with Crippen LogP contribution >= 0.6 is 0 Å². The second-order valence-corrected chi connectivity index (χ2v) is 3.92. The Morgan fingerprint density at radius 1 is 1.56 bits per heavy atom. The smallest absolute Gasteiger partial charge is 0.143 e. The molecule has 1 unspecified atom stereocenters. The van der Waals surface area contributed by atoms with Crippen LogP contribution in [0.5, 0.6) is 0 Å². The molecular formula is C12H13FN2O. The number of rotatable bonds is 2. The third-order valence-corrected chi connectivity index (χ3v) is 3.00. The number of benzene rings is 1. The van der Waals surface area contributed by atoms with E-state index in [1.54, 1.807) is 12.1 Å². The topological polar surface area (TPSA) is 47.3 Å².